The van der Waals surface area contributed by atoms with Gasteiger partial charge in [0, 0.05) is 24.5 Å². The largest absolute Gasteiger partial charge is 0.385 e. The zero-order valence-electron chi connectivity index (χ0n) is 10.9. The Morgan fingerprint density at radius 1 is 0.750 bits per heavy atom. The number of anilines is 2. The Hall–Kier alpha value is -1.18. The first-order valence-electron chi connectivity index (χ1n) is 6.15. The molecule has 2 heteroatoms. The smallest absolute Gasteiger partial charge is 0.0341 e. The highest BCUT2D eigenvalue weighted by Crippen LogP contribution is 2.14. The molecule has 0 aliphatic heterocycles. The van der Waals surface area contributed by atoms with Crippen molar-refractivity contribution in [3.63, 3.8) is 0 Å². The molecule has 0 spiro atoms. The molecule has 0 unspecified atom stereocenters. The number of hydrogen-bond acceptors (Lipinski definition) is 2. The molecule has 0 aliphatic carbocycles. The third kappa shape index (κ3) is 5.06. The number of benzene rings is 1. The van der Waals surface area contributed by atoms with Crippen LogP contribution in [0.15, 0.2) is 24.3 Å². The lowest BCUT2D eigenvalue weighted by atomic mass is 10.2. The third-order valence-corrected chi connectivity index (χ3v) is 2.31. The average molecular weight is 220 g/mol. The SMILES string of the molecule is CC(C)CNc1ccc(NCC(C)C)cc1. The maximum Gasteiger partial charge on any atom is 0.0341 e. The van der Waals surface area contributed by atoms with Gasteiger partial charge in [-0.15, -0.1) is 0 Å². The van der Waals surface area contributed by atoms with Gasteiger partial charge in [0.1, 0.15) is 0 Å². The van der Waals surface area contributed by atoms with E-state index in [0.717, 1.165) is 13.1 Å². The predicted octanol–water partition coefficient (Wildman–Crippen LogP) is 3.82. The van der Waals surface area contributed by atoms with E-state index in [9.17, 15) is 0 Å². The Morgan fingerprint density at radius 3 is 1.31 bits per heavy atom. The Balaban J connectivity index is 2.41. The summed E-state index contributed by atoms with van der Waals surface area (Å²) < 4.78 is 0. The molecule has 1 aromatic carbocycles. The predicted molar refractivity (Wildman–Crippen MR) is 73.1 cm³/mol. The second-order valence-electron chi connectivity index (χ2n) is 5.13. The lowest BCUT2D eigenvalue weighted by molar-refractivity contribution is 0.688. The molecule has 0 saturated heterocycles. The molecule has 0 heterocycles. The highest BCUT2D eigenvalue weighted by Gasteiger charge is 1.97. The van der Waals surface area contributed by atoms with E-state index in [0.29, 0.717) is 11.8 Å². The molecule has 1 rings (SSSR count). The van der Waals surface area contributed by atoms with Crippen LogP contribution in [0.25, 0.3) is 0 Å². The molecule has 0 aliphatic rings. The van der Waals surface area contributed by atoms with E-state index >= 15 is 0 Å². The maximum absolute atomic E-state index is 3.41. The van der Waals surface area contributed by atoms with E-state index < -0.39 is 0 Å². The van der Waals surface area contributed by atoms with Crippen LogP contribution in [-0.2, 0) is 0 Å². The number of nitrogens with one attached hydrogen (secondary N) is 2. The van der Waals surface area contributed by atoms with Crippen LogP contribution in [0.2, 0.25) is 0 Å². The molecule has 0 atom stereocenters. The monoisotopic (exact) mass is 220 g/mol. The van der Waals surface area contributed by atoms with Crippen LogP contribution in [0.5, 0.6) is 0 Å². The summed E-state index contributed by atoms with van der Waals surface area (Å²) in [4.78, 5) is 0. The number of hydrogen-bond donors (Lipinski definition) is 2. The van der Waals surface area contributed by atoms with Crippen LogP contribution >= 0.6 is 0 Å². The van der Waals surface area contributed by atoms with E-state index in [2.05, 4.69) is 62.6 Å². The van der Waals surface area contributed by atoms with Crippen molar-refractivity contribution in [1.29, 1.82) is 0 Å². The van der Waals surface area contributed by atoms with Crippen LogP contribution in [0.1, 0.15) is 27.7 Å². The average Bonchev–Trinajstić information content (AvgIpc) is 2.25. The molecule has 2 N–H and O–H groups in total. The summed E-state index contributed by atoms with van der Waals surface area (Å²) in [5.74, 6) is 1.36. The summed E-state index contributed by atoms with van der Waals surface area (Å²) in [6.07, 6.45) is 0. The maximum atomic E-state index is 3.41. The van der Waals surface area contributed by atoms with Gasteiger partial charge in [0.05, 0.1) is 0 Å². The van der Waals surface area contributed by atoms with Gasteiger partial charge in [-0.2, -0.15) is 0 Å². The van der Waals surface area contributed by atoms with Crippen molar-refractivity contribution in [3.05, 3.63) is 24.3 Å². The second-order valence-corrected chi connectivity index (χ2v) is 5.13. The number of rotatable bonds is 6. The van der Waals surface area contributed by atoms with Crippen molar-refractivity contribution in [2.75, 3.05) is 23.7 Å². The third-order valence-electron chi connectivity index (χ3n) is 2.31. The van der Waals surface area contributed by atoms with Crippen LogP contribution < -0.4 is 10.6 Å². The van der Waals surface area contributed by atoms with Gasteiger partial charge in [0.25, 0.3) is 0 Å². The quantitative estimate of drug-likeness (QED) is 0.761. The molecule has 0 amide bonds. The molecule has 1 aromatic rings. The first-order valence-corrected chi connectivity index (χ1v) is 6.15. The van der Waals surface area contributed by atoms with Gasteiger partial charge >= 0.3 is 0 Å². The molecule has 0 radical (unpaired) electrons. The minimum absolute atomic E-state index is 0.679. The van der Waals surface area contributed by atoms with Gasteiger partial charge in [0.15, 0.2) is 0 Å². The van der Waals surface area contributed by atoms with E-state index in [1.54, 1.807) is 0 Å². The van der Waals surface area contributed by atoms with Crippen molar-refractivity contribution >= 4 is 11.4 Å². The summed E-state index contributed by atoms with van der Waals surface area (Å²) in [5, 5.41) is 6.82. The fourth-order valence-electron chi connectivity index (χ4n) is 1.35. The Morgan fingerprint density at radius 2 is 1.06 bits per heavy atom. The fourth-order valence-corrected chi connectivity index (χ4v) is 1.35. The molecule has 0 fully saturated rings. The summed E-state index contributed by atoms with van der Waals surface area (Å²) in [6, 6.07) is 8.52. The zero-order valence-corrected chi connectivity index (χ0v) is 10.9. The van der Waals surface area contributed by atoms with Gasteiger partial charge in [-0.1, -0.05) is 27.7 Å². The van der Waals surface area contributed by atoms with E-state index in [4.69, 9.17) is 0 Å². The Kier molecular flexibility index (Phi) is 5.17. The highest BCUT2D eigenvalue weighted by molar-refractivity contribution is 5.53. The van der Waals surface area contributed by atoms with Crippen molar-refractivity contribution in [3.8, 4) is 0 Å². The van der Waals surface area contributed by atoms with Crippen molar-refractivity contribution in [1.82, 2.24) is 0 Å². The Bertz CT molecular complexity index is 257. The summed E-state index contributed by atoms with van der Waals surface area (Å²) in [6.45, 7) is 10.9. The van der Waals surface area contributed by atoms with Gasteiger partial charge in [0.2, 0.25) is 0 Å². The normalized spacial score (nSPS) is 10.9. The van der Waals surface area contributed by atoms with Gasteiger partial charge in [-0.3, -0.25) is 0 Å². The molecule has 0 bridgehead atoms. The molecule has 2 nitrogen and oxygen atoms in total. The lowest BCUT2D eigenvalue weighted by Crippen LogP contribution is -2.09. The zero-order chi connectivity index (χ0) is 12.0. The summed E-state index contributed by atoms with van der Waals surface area (Å²) in [5.41, 5.74) is 2.40. The molecular weight excluding hydrogens is 196 g/mol. The van der Waals surface area contributed by atoms with Gasteiger partial charge < -0.3 is 10.6 Å². The fraction of sp³-hybridized carbons (Fsp3) is 0.571. The standard InChI is InChI=1S/C14H24N2/c1-11(2)9-15-13-5-7-14(8-6-13)16-10-12(3)4/h5-8,11-12,15-16H,9-10H2,1-4H3. The minimum Gasteiger partial charge on any atom is -0.385 e. The van der Waals surface area contributed by atoms with Crippen LogP contribution in [0.3, 0.4) is 0 Å². The van der Waals surface area contributed by atoms with Crippen molar-refractivity contribution < 1.29 is 0 Å². The van der Waals surface area contributed by atoms with Crippen LogP contribution in [-0.4, -0.2) is 13.1 Å². The lowest BCUT2D eigenvalue weighted by Gasteiger charge is -2.11. The summed E-state index contributed by atoms with van der Waals surface area (Å²) >= 11 is 0. The highest BCUT2D eigenvalue weighted by atomic mass is 14.9. The van der Waals surface area contributed by atoms with Crippen LogP contribution in [0, 0.1) is 11.8 Å². The first kappa shape index (κ1) is 12.9. The molecule has 16 heavy (non-hydrogen) atoms. The van der Waals surface area contributed by atoms with Gasteiger partial charge in [-0.05, 0) is 36.1 Å². The molecule has 90 valence electrons. The molecule has 0 aromatic heterocycles. The van der Waals surface area contributed by atoms with Crippen molar-refractivity contribution in [2.24, 2.45) is 11.8 Å². The molecule has 0 saturated carbocycles. The van der Waals surface area contributed by atoms with E-state index in [-0.39, 0.29) is 0 Å². The van der Waals surface area contributed by atoms with E-state index in [1.807, 2.05) is 0 Å². The van der Waals surface area contributed by atoms with Crippen LogP contribution in [0.4, 0.5) is 11.4 Å². The second kappa shape index (κ2) is 6.41. The van der Waals surface area contributed by atoms with E-state index in [1.165, 1.54) is 11.4 Å². The minimum atomic E-state index is 0.679. The van der Waals surface area contributed by atoms with Gasteiger partial charge in [-0.25, -0.2) is 0 Å². The first-order chi connectivity index (χ1) is 7.58. The topological polar surface area (TPSA) is 24.1 Å². The summed E-state index contributed by atoms with van der Waals surface area (Å²) in [7, 11) is 0. The molecular formula is C14H24N2. The van der Waals surface area contributed by atoms with Crippen molar-refractivity contribution in [2.45, 2.75) is 27.7 Å². The Labute approximate surface area is 99.5 Å².